The van der Waals surface area contributed by atoms with Gasteiger partial charge in [0.1, 0.15) is 11.9 Å². The Morgan fingerprint density at radius 2 is 1.88 bits per heavy atom. The van der Waals surface area contributed by atoms with Gasteiger partial charge in [-0.05, 0) is 58.6 Å². The summed E-state index contributed by atoms with van der Waals surface area (Å²) in [5.74, 6) is 1.71. The molecule has 1 atom stereocenters. The third-order valence-electron chi connectivity index (χ3n) is 4.25. The van der Waals surface area contributed by atoms with Crippen molar-refractivity contribution in [2.45, 2.75) is 64.7 Å². The predicted octanol–water partition coefficient (Wildman–Crippen LogP) is 3.24. The van der Waals surface area contributed by atoms with Crippen LogP contribution < -0.4 is 15.4 Å². The monoisotopic (exact) mass is 461 g/mol. The third-order valence-corrected chi connectivity index (χ3v) is 4.25. The van der Waals surface area contributed by atoms with E-state index in [-0.39, 0.29) is 36.2 Å². The lowest BCUT2D eigenvalue weighted by Gasteiger charge is -2.27. The number of ether oxygens (including phenoxy) is 1. The number of aliphatic imine (C=N–C) groups is 1. The number of hydrogen-bond acceptors (Lipinski definition) is 3. The van der Waals surface area contributed by atoms with E-state index in [4.69, 9.17) is 4.74 Å². The lowest BCUT2D eigenvalue weighted by molar-refractivity contribution is 0.120. The first-order valence-electron chi connectivity index (χ1n) is 9.03. The first-order chi connectivity index (χ1) is 11.6. The Kier molecular flexibility index (Phi) is 10.2. The van der Waals surface area contributed by atoms with Crippen LogP contribution in [0, 0.1) is 6.92 Å². The highest BCUT2D eigenvalue weighted by atomic mass is 127. The highest BCUT2D eigenvalue weighted by molar-refractivity contribution is 14.0. The van der Waals surface area contributed by atoms with Crippen molar-refractivity contribution in [3.8, 4) is 5.75 Å². The minimum Gasteiger partial charge on any atom is -0.489 e. The van der Waals surface area contributed by atoms with Gasteiger partial charge in [-0.1, -0.05) is 17.7 Å². The minimum absolute atomic E-state index is 0. The number of rotatable bonds is 6. The Labute approximate surface area is 168 Å². The number of halogens is 1. The maximum Gasteiger partial charge on any atom is 0.191 e. The average molecular weight is 461 g/mol. The second-order valence-corrected chi connectivity index (χ2v) is 6.61. The van der Waals surface area contributed by atoms with Gasteiger partial charge in [0.15, 0.2) is 5.96 Å². The molecule has 1 aliphatic carbocycles. The van der Waals surface area contributed by atoms with Crippen LogP contribution in [0.3, 0.4) is 0 Å². The zero-order valence-corrected chi connectivity index (χ0v) is 17.8. The van der Waals surface area contributed by atoms with Crippen LogP contribution in [0.1, 0.15) is 45.1 Å². The first kappa shape index (κ1) is 22.0. The molecule has 142 valence electrons. The fraction of sp³-hybridized carbons (Fsp3) is 0.632. The van der Waals surface area contributed by atoms with Crippen molar-refractivity contribution in [2.24, 2.45) is 4.99 Å². The lowest BCUT2D eigenvalue weighted by Crippen LogP contribution is -2.45. The zero-order chi connectivity index (χ0) is 17.4. The number of benzene rings is 1. The van der Waals surface area contributed by atoms with Crippen LogP contribution in [-0.4, -0.2) is 42.4 Å². The van der Waals surface area contributed by atoms with Crippen molar-refractivity contribution < 1.29 is 9.84 Å². The topological polar surface area (TPSA) is 65.9 Å². The highest BCUT2D eigenvalue weighted by Gasteiger charge is 2.20. The molecular formula is C19H32IN3O2. The molecule has 0 spiro atoms. The highest BCUT2D eigenvalue weighted by Crippen LogP contribution is 2.18. The molecule has 1 unspecified atom stereocenters. The molecule has 0 radical (unpaired) electrons. The number of aliphatic hydroxyl groups is 1. The largest absolute Gasteiger partial charge is 0.489 e. The van der Waals surface area contributed by atoms with Gasteiger partial charge < -0.3 is 20.5 Å². The van der Waals surface area contributed by atoms with E-state index in [2.05, 4.69) is 41.6 Å². The second kappa shape index (κ2) is 11.6. The van der Waals surface area contributed by atoms with E-state index in [1.165, 1.54) is 5.56 Å². The van der Waals surface area contributed by atoms with Crippen molar-refractivity contribution in [3.05, 3.63) is 29.8 Å². The standard InChI is InChI=1S/C19H31N3O2.HI/c1-4-20-19(22-16-7-9-17(23)10-8-16)21-13-15(3)24-18-11-5-14(2)6-12-18;/h5-6,11-12,15-17,23H,4,7-10,13H2,1-3H3,(H2,20,21,22);1H. The molecule has 25 heavy (non-hydrogen) atoms. The van der Waals surface area contributed by atoms with Gasteiger partial charge in [0.2, 0.25) is 0 Å². The molecule has 1 aromatic rings. The van der Waals surface area contributed by atoms with Gasteiger partial charge in [0.25, 0.3) is 0 Å². The predicted molar refractivity (Wildman–Crippen MR) is 114 cm³/mol. The molecule has 0 aliphatic heterocycles. The summed E-state index contributed by atoms with van der Waals surface area (Å²) in [6, 6.07) is 8.47. The van der Waals surface area contributed by atoms with E-state index in [9.17, 15) is 5.11 Å². The van der Waals surface area contributed by atoms with Crippen LogP contribution in [0.25, 0.3) is 0 Å². The summed E-state index contributed by atoms with van der Waals surface area (Å²) < 4.78 is 5.91. The van der Waals surface area contributed by atoms with Crippen LogP contribution in [0.2, 0.25) is 0 Å². The van der Waals surface area contributed by atoms with Gasteiger partial charge in [0.05, 0.1) is 12.6 Å². The molecule has 0 bridgehead atoms. The first-order valence-corrected chi connectivity index (χ1v) is 9.03. The normalized spacial score (nSPS) is 21.8. The maximum absolute atomic E-state index is 9.61. The quantitative estimate of drug-likeness (QED) is 0.346. The average Bonchev–Trinajstić information content (AvgIpc) is 2.57. The molecule has 0 heterocycles. The van der Waals surface area contributed by atoms with Gasteiger partial charge >= 0.3 is 0 Å². The second-order valence-electron chi connectivity index (χ2n) is 6.61. The van der Waals surface area contributed by atoms with Gasteiger partial charge in [-0.3, -0.25) is 0 Å². The summed E-state index contributed by atoms with van der Waals surface area (Å²) in [6.07, 6.45) is 3.58. The summed E-state index contributed by atoms with van der Waals surface area (Å²) >= 11 is 0. The van der Waals surface area contributed by atoms with Crippen LogP contribution >= 0.6 is 24.0 Å². The van der Waals surface area contributed by atoms with Crippen LogP contribution in [0.15, 0.2) is 29.3 Å². The van der Waals surface area contributed by atoms with Crippen molar-refractivity contribution in [3.63, 3.8) is 0 Å². The number of hydrogen-bond donors (Lipinski definition) is 3. The number of guanidine groups is 1. The molecule has 6 heteroatoms. The Hall–Kier alpha value is -1.02. The maximum atomic E-state index is 9.61. The summed E-state index contributed by atoms with van der Waals surface area (Å²) in [7, 11) is 0. The van der Waals surface area contributed by atoms with Gasteiger partial charge in [0, 0.05) is 12.6 Å². The molecular weight excluding hydrogens is 429 g/mol. The van der Waals surface area contributed by atoms with Gasteiger partial charge in [-0.2, -0.15) is 0 Å². The van der Waals surface area contributed by atoms with Crippen molar-refractivity contribution in [1.82, 2.24) is 10.6 Å². The fourth-order valence-corrected chi connectivity index (χ4v) is 2.84. The summed E-state index contributed by atoms with van der Waals surface area (Å²) in [4.78, 5) is 4.65. The molecule has 1 fully saturated rings. The number of aryl methyl sites for hydroxylation is 1. The number of nitrogens with one attached hydrogen (secondary N) is 2. The molecule has 0 saturated heterocycles. The molecule has 1 saturated carbocycles. The lowest BCUT2D eigenvalue weighted by atomic mass is 9.93. The molecule has 0 amide bonds. The molecule has 1 aliphatic rings. The SMILES string of the molecule is CCNC(=NCC(C)Oc1ccc(C)cc1)NC1CCC(O)CC1.I. The number of nitrogens with zero attached hydrogens (tertiary/aromatic N) is 1. The Morgan fingerprint density at radius 3 is 2.48 bits per heavy atom. The van der Waals surface area contributed by atoms with Crippen molar-refractivity contribution in [1.29, 1.82) is 0 Å². The smallest absolute Gasteiger partial charge is 0.191 e. The van der Waals surface area contributed by atoms with Gasteiger partial charge in [-0.25, -0.2) is 4.99 Å². The van der Waals surface area contributed by atoms with E-state index in [0.717, 1.165) is 43.9 Å². The van der Waals surface area contributed by atoms with Crippen LogP contribution in [0.5, 0.6) is 5.75 Å². The van der Waals surface area contributed by atoms with E-state index in [1.54, 1.807) is 0 Å². The van der Waals surface area contributed by atoms with E-state index < -0.39 is 0 Å². The van der Waals surface area contributed by atoms with Crippen LogP contribution in [0.4, 0.5) is 0 Å². The Bertz CT molecular complexity index is 514. The summed E-state index contributed by atoms with van der Waals surface area (Å²) in [6.45, 7) is 7.58. The minimum atomic E-state index is -0.134. The summed E-state index contributed by atoms with van der Waals surface area (Å²) in [5, 5.41) is 16.4. The van der Waals surface area contributed by atoms with E-state index in [1.807, 2.05) is 19.1 Å². The molecule has 1 aromatic carbocycles. The molecule has 3 N–H and O–H groups in total. The molecule has 0 aromatic heterocycles. The van der Waals surface area contributed by atoms with Crippen molar-refractivity contribution in [2.75, 3.05) is 13.1 Å². The molecule has 2 rings (SSSR count). The summed E-state index contributed by atoms with van der Waals surface area (Å²) in [5.41, 5.74) is 1.23. The van der Waals surface area contributed by atoms with Gasteiger partial charge in [-0.15, -0.1) is 24.0 Å². The van der Waals surface area contributed by atoms with Crippen LogP contribution in [-0.2, 0) is 0 Å². The fourth-order valence-electron chi connectivity index (χ4n) is 2.84. The zero-order valence-electron chi connectivity index (χ0n) is 15.5. The van der Waals surface area contributed by atoms with Crippen molar-refractivity contribution >= 4 is 29.9 Å². The third kappa shape index (κ3) is 8.27. The van der Waals surface area contributed by atoms with E-state index >= 15 is 0 Å². The Balaban J connectivity index is 0.00000312. The molecule has 5 nitrogen and oxygen atoms in total. The Morgan fingerprint density at radius 1 is 1.24 bits per heavy atom. The van der Waals surface area contributed by atoms with E-state index in [0.29, 0.717) is 12.6 Å². The number of aliphatic hydroxyl groups excluding tert-OH is 1.